The number of hydrogen-bond acceptors (Lipinski definition) is 2. The van der Waals surface area contributed by atoms with Gasteiger partial charge in [-0.25, -0.2) is 0 Å². The molecule has 300 valence electrons. The minimum atomic E-state index is -2.93. The van der Waals surface area contributed by atoms with Crippen molar-refractivity contribution in [2.45, 2.75) is 52.4 Å². The highest BCUT2D eigenvalue weighted by Gasteiger charge is 2.41. The molecular formula is C56H50N2O2Si. The molecule has 5 heteroatoms. The number of fused-ring (bicyclic) bond motifs is 7. The van der Waals surface area contributed by atoms with Gasteiger partial charge in [0, 0.05) is 22.4 Å². The lowest BCUT2D eigenvalue weighted by Gasteiger charge is -2.34. The van der Waals surface area contributed by atoms with Crippen LogP contribution >= 0.6 is 0 Å². The lowest BCUT2D eigenvalue weighted by atomic mass is 9.79. The van der Waals surface area contributed by atoms with Crippen molar-refractivity contribution in [3.8, 4) is 11.1 Å². The summed E-state index contributed by atoms with van der Waals surface area (Å²) in [5, 5.41) is 24.0. The van der Waals surface area contributed by atoms with Crippen molar-refractivity contribution in [3.05, 3.63) is 209 Å². The standard InChI is InChI=1S/C56H50N2O2Si/c1-55(2,3)39-34-38(35-40(36-39)56(4,5)6)45-28-18-29-49-46-26-16-17-27-47(46)51-37-44(32-33-48(51)50-30-19-31-52(58(59)60)54(50)57-53(45)49)61(41-20-10-7-11-21-41,42-22-12-8-13-23-42)43-24-14-9-15-25-43/h7-37,57H,1-6H3. The van der Waals surface area contributed by atoms with Crippen LogP contribution in [0.15, 0.2) is 188 Å². The average Bonchev–Trinajstić information content (AvgIpc) is 3.32. The third kappa shape index (κ3) is 6.99. The van der Waals surface area contributed by atoms with Gasteiger partial charge in [0.2, 0.25) is 0 Å². The highest BCUT2D eigenvalue weighted by atomic mass is 28.3. The van der Waals surface area contributed by atoms with Crippen molar-refractivity contribution in [2.24, 2.45) is 0 Å². The molecule has 1 aromatic heterocycles. The largest absolute Gasteiger partial charge is 0.348 e. The van der Waals surface area contributed by atoms with Gasteiger partial charge in [0.05, 0.1) is 10.4 Å². The molecule has 0 unspecified atom stereocenters. The molecule has 0 saturated heterocycles. The van der Waals surface area contributed by atoms with E-state index in [1.807, 2.05) is 12.1 Å². The number of H-pyrrole nitrogens is 1. The van der Waals surface area contributed by atoms with Gasteiger partial charge < -0.3 is 4.98 Å². The van der Waals surface area contributed by atoms with Crippen LogP contribution in [0.25, 0.3) is 54.5 Å². The summed E-state index contributed by atoms with van der Waals surface area (Å²) in [5.41, 5.74) is 5.69. The van der Waals surface area contributed by atoms with E-state index in [4.69, 9.17) is 0 Å². The van der Waals surface area contributed by atoms with Crippen LogP contribution in [0, 0.1) is 10.1 Å². The number of nitrogens with zero attached hydrogens (tertiary/aromatic N) is 1. The zero-order valence-corrected chi connectivity index (χ0v) is 36.7. The van der Waals surface area contributed by atoms with Crippen molar-refractivity contribution >= 4 is 77.9 Å². The lowest BCUT2D eigenvalue weighted by molar-refractivity contribution is -0.383. The molecule has 0 aliphatic carbocycles. The molecule has 8 aromatic carbocycles. The van der Waals surface area contributed by atoms with Crippen LogP contribution in [0.2, 0.25) is 0 Å². The van der Waals surface area contributed by atoms with Crippen LogP contribution in [0.1, 0.15) is 52.7 Å². The Morgan fingerprint density at radius 3 is 1.38 bits per heavy atom. The third-order valence-corrected chi connectivity index (χ3v) is 17.2. The molecule has 0 spiro atoms. The van der Waals surface area contributed by atoms with Gasteiger partial charge in [-0.3, -0.25) is 10.1 Å². The van der Waals surface area contributed by atoms with Crippen molar-refractivity contribution in [2.75, 3.05) is 0 Å². The molecule has 1 N–H and O–H groups in total. The van der Waals surface area contributed by atoms with E-state index >= 15 is 0 Å². The topological polar surface area (TPSA) is 58.9 Å². The van der Waals surface area contributed by atoms with Crippen LogP contribution in [0.3, 0.4) is 0 Å². The zero-order chi connectivity index (χ0) is 42.5. The molecule has 0 aliphatic rings. The molecule has 0 atom stereocenters. The fourth-order valence-corrected chi connectivity index (χ4v) is 14.0. The first-order valence-corrected chi connectivity index (χ1v) is 23.1. The number of para-hydroxylation sites is 2. The highest BCUT2D eigenvalue weighted by Crippen LogP contribution is 2.39. The Balaban J connectivity index is 1.50. The summed E-state index contributed by atoms with van der Waals surface area (Å²) in [6, 6.07) is 67.1. The number of aromatic nitrogens is 1. The molecule has 0 saturated carbocycles. The number of nitro groups is 1. The number of non-ortho nitro benzene ring substituents is 1. The number of nitrogens with one attached hydrogen (secondary N) is 1. The maximum absolute atomic E-state index is 13.1. The molecule has 61 heavy (non-hydrogen) atoms. The molecule has 9 rings (SSSR count). The van der Waals surface area contributed by atoms with Gasteiger partial charge in [-0.05, 0) is 69.8 Å². The Labute approximate surface area is 359 Å². The minimum absolute atomic E-state index is 0.0274. The van der Waals surface area contributed by atoms with Gasteiger partial charge in [-0.15, -0.1) is 0 Å². The number of rotatable bonds is 6. The Bertz CT molecular complexity index is 3050. The van der Waals surface area contributed by atoms with E-state index in [2.05, 4.69) is 216 Å². The van der Waals surface area contributed by atoms with Gasteiger partial charge in [0.15, 0.2) is 8.07 Å². The predicted octanol–water partition coefficient (Wildman–Crippen LogP) is 12.3. The molecule has 4 nitrogen and oxygen atoms in total. The van der Waals surface area contributed by atoms with Gasteiger partial charge in [0.1, 0.15) is 5.52 Å². The van der Waals surface area contributed by atoms with Gasteiger partial charge >= 0.3 is 0 Å². The summed E-state index contributed by atoms with van der Waals surface area (Å²) in [4.78, 5) is 16.6. The monoisotopic (exact) mass is 810 g/mol. The second-order valence-corrected chi connectivity index (χ2v) is 22.1. The molecular weight excluding hydrogens is 761 g/mol. The van der Waals surface area contributed by atoms with E-state index < -0.39 is 8.07 Å². The molecule has 0 radical (unpaired) electrons. The third-order valence-electron chi connectivity index (χ3n) is 12.4. The Morgan fingerprint density at radius 2 is 0.869 bits per heavy atom. The fraction of sp³-hybridized carbons (Fsp3) is 0.143. The average molecular weight is 811 g/mol. The molecule has 0 bridgehead atoms. The minimum Gasteiger partial charge on any atom is -0.348 e. The summed E-state index contributed by atoms with van der Waals surface area (Å²) in [7, 11) is -2.93. The van der Waals surface area contributed by atoms with Crippen molar-refractivity contribution in [1.29, 1.82) is 0 Å². The van der Waals surface area contributed by atoms with E-state index in [1.165, 1.54) is 31.9 Å². The summed E-state index contributed by atoms with van der Waals surface area (Å²) >= 11 is 0. The summed E-state index contributed by atoms with van der Waals surface area (Å²) in [6.45, 7) is 13.5. The summed E-state index contributed by atoms with van der Waals surface area (Å²) in [6.07, 6.45) is 0. The normalized spacial score (nSPS) is 12.2. The van der Waals surface area contributed by atoms with E-state index in [0.717, 1.165) is 49.0 Å². The van der Waals surface area contributed by atoms with Crippen molar-refractivity contribution in [1.82, 2.24) is 4.98 Å². The predicted molar refractivity (Wildman–Crippen MR) is 262 cm³/mol. The van der Waals surface area contributed by atoms with E-state index in [0.29, 0.717) is 5.52 Å². The first kappa shape index (κ1) is 39.6. The van der Waals surface area contributed by atoms with Crippen LogP contribution < -0.4 is 20.7 Å². The van der Waals surface area contributed by atoms with E-state index in [-0.39, 0.29) is 21.4 Å². The Hall–Kier alpha value is -6.82. The maximum atomic E-state index is 13.1. The van der Waals surface area contributed by atoms with E-state index in [9.17, 15) is 10.1 Å². The van der Waals surface area contributed by atoms with Gasteiger partial charge in [-0.1, -0.05) is 224 Å². The quantitative estimate of drug-likeness (QED) is 0.0787. The van der Waals surface area contributed by atoms with Gasteiger partial charge in [-0.2, -0.15) is 0 Å². The Morgan fingerprint density at radius 1 is 0.426 bits per heavy atom. The number of hydrogen-bond donors (Lipinski definition) is 1. The SMILES string of the molecule is CC(C)(C)c1cc(-c2cccc3c2[nH]c2c([N+](=O)[O-])cccc2c2ccc([Si](c4ccccc4)(c4ccccc4)c4ccccc4)cc2c2ccccc32)cc(C(C)(C)C)c1. The maximum Gasteiger partial charge on any atom is 0.293 e. The van der Waals surface area contributed by atoms with Crippen LogP contribution in [0.4, 0.5) is 5.69 Å². The lowest BCUT2D eigenvalue weighted by Crippen LogP contribution is -2.74. The van der Waals surface area contributed by atoms with Gasteiger partial charge in [0.25, 0.3) is 5.69 Å². The van der Waals surface area contributed by atoms with Crippen molar-refractivity contribution in [3.63, 3.8) is 0 Å². The van der Waals surface area contributed by atoms with E-state index in [1.54, 1.807) is 6.07 Å². The van der Waals surface area contributed by atoms with Crippen LogP contribution in [-0.4, -0.2) is 18.0 Å². The number of benzene rings is 8. The van der Waals surface area contributed by atoms with Crippen LogP contribution in [-0.2, 0) is 10.8 Å². The molecule has 0 amide bonds. The fourth-order valence-electron chi connectivity index (χ4n) is 9.23. The molecule has 0 fully saturated rings. The smallest absolute Gasteiger partial charge is 0.293 e. The zero-order valence-electron chi connectivity index (χ0n) is 35.7. The first-order chi connectivity index (χ1) is 29.4. The summed E-state index contributed by atoms with van der Waals surface area (Å²) < 4.78 is 0. The molecule has 9 aromatic rings. The molecule has 0 aliphatic heterocycles. The number of nitro benzene ring substituents is 1. The second kappa shape index (κ2) is 15.3. The first-order valence-electron chi connectivity index (χ1n) is 21.1. The second-order valence-electron chi connectivity index (χ2n) is 18.3. The number of aromatic amines is 1. The highest BCUT2D eigenvalue weighted by molar-refractivity contribution is 7.20. The van der Waals surface area contributed by atoms with Crippen LogP contribution in [0.5, 0.6) is 0 Å². The van der Waals surface area contributed by atoms with Crippen molar-refractivity contribution < 1.29 is 4.92 Å². The summed E-state index contributed by atoms with van der Waals surface area (Å²) in [5.74, 6) is 0. The Kier molecular flexibility index (Phi) is 9.96. The molecule has 1 heterocycles.